The van der Waals surface area contributed by atoms with E-state index in [1.54, 1.807) is 25.3 Å². The molecule has 0 atom stereocenters. The summed E-state index contributed by atoms with van der Waals surface area (Å²) in [5, 5.41) is 0.676. The van der Waals surface area contributed by atoms with E-state index in [2.05, 4.69) is 18.0 Å². The maximum Gasteiger partial charge on any atom is 0.190 e. The van der Waals surface area contributed by atoms with E-state index in [-0.39, 0.29) is 5.43 Å². The highest BCUT2D eigenvalue weighted by molar-refractivity contribution is 5.83. The Labute approximate surface area is 125 Å². The Kier molecular flexibility index (Phi) is 4.99. The first-order valence-electron chi connectivity index (χ1n) is 7.24. The summed E-state index contributed by atoms with van der Waals surface area (Å²) in [7, 11) is 1.62. The maximum absolute atomic E-state index is 12.3. The van der Waals surface area contributed by atoms with Crippen LogP contribution in [-0.4, -0.2) is 12.1 Å². The SMILES string of the molecule is C/C=C\C(=C/CCC)c1cc(=O)c2ccc(OC)cc2[nH]1. The third kappa shape index (κ3) is 3.43. The van der Waals surface area contributed by atoms with Gasteiger partial charge in [-0.05, 0) is 31.1 Å². The van der Waals surface area contributed by atoms with Gasteiger partial charge in [-0.25, -0.2) is 0 Å². The van der Waals surface area contributed by atoms with E-state index in [9.17, 15) is 4.79 Å². The van der Waals surface area contributed by atoms with Crippen LogP contribution in [-0.2, 0) is 0 Å². The van der Waals surface area contributed by atoms with Crippen LogP contribution in [0.15, 0.2) is 47.3 Å². The molecule has 0 radical (unpaired) electrons. The van der Waals surface area contributed by atoms with Crippen LogP contribution in [0.2, 0.25) is 0 Å². The quantitative estimate of drug-likeness (QED) is 0.831. The van der Waals surface area contributed by atoms with Crippen molar-refractivity contribution in [3.63, 3.8) is 0 Å². The summed E-state index contributed by atoms with van der Waals surface area (Å²) in [5.74, 6) is 0.737. The molecule has 0 aliphatic heterocycles. The van der Waals surface area contributed by atoms with Crippen molar-refractivity contribution in [2.24, 2.45) is 0 Å². The van der Waals surface area contributed by atoms with Crippen LogP contribution in [0, 0.1) is 0 Å². The summed E-state index contributed by atoms with van der Waals surface area (Å²) >= 11 is 0. The van der Waals surface area contributed by atoms with E-state index < -0.39 is 0 Å². The predicted octanol–water partition coefficient (Wildman–Crippen LogP) is 4.30. The van der Waals surface area contributed by atoms with Gasteiger partial charge in [0.2, 0.25) is 0 Å². The molecule has 21 heavy (non-hydrogen) atoms. The molecule has 0 amide bonds. The largest absolute Gasteiger partial charge is 0.497 e. The van der Waals surface area contributed by atoms with Crippen molar-refractivity contribution in [2.45, 2.75) is 26.7 Å². The number of allylic oxidation sites excluding steroid dienone is 4. The fourth-order valence-electron chi connectivity index (χ4n) is 2.26. The average Bonchev–Trinajstić information content (AvgIpc) is 2.50. The summed E-state index contributed by atoms with van der Waals surface area (Å²) in [4.78, 5) is 15.6. The number of nitrogens with one attached hydrogen (secondary N) is 1. The number of pyridine rings is 1. The summed E-state index contributed by atoms with van der Waals surface area (Å²) in [5.41, 5.74) is 2.70. The van der Waals surface area contributed by atoms with Crippen molar-refractivity contribution < 1.29 is 4.74 Å². The fraction of sp³-hybridized carbons (Fsp3) is 0.278. The highest BCUT2D eigenvalue weighted by Gasteiger charge is 2.05. The number of H-pyrrole nitrogens is 1. The molecular formula is C18H21NO2. The minimum atomic E-state index is 0.0216. The molecule has 0 spiro atoms. The Hall–Kier alpha value is -2.29. The van der Waals surface area contributed by atoms with Gasteiger partial charge in [-0.3, -0.25) is 4.79 Å². The Balaban J connectivity index is 2.60. The minimum absolute atomic E-state index is 0.0216. The zero-order chi connectivity index (χ0) is 15.2. The molecule has 1 heterocycles. The van der Waals surface area contributed by atoms with E-state index in [1.165, 1.54) is 0 Å². The van der Waals surface area contributed by atoms with E-state index in [0.29, 0.717) is 5.39 Å². The lowest BCUT2D eigenvalue weighted by atomic mass is 10.1. The molecule has 1 aromatic carbocycles. The van der Waals surface area contributed by atoms with Gasteiger partial charge in [-0.15, -0.1) is 0 Å². The third-order valence-corrected chi connectivity index (χ3v) is 3.35. The fourth-order valence-corrected chi connectivity index (χ4v) is 2.26. The molecule has 1 aromatic heterocycles. The van der Waals surface area contributed by atoms with Crippen LogP contribution >= 0.6 is 0 Å². The second kappa shape index (κ2) is 6.93. The predicted molar refractivity (Wildman–Crippen MR) is 88.8 cm³/mol. The number of benzene rings is 1. The molecule has 110 valence electrons. The molecule has 0 fully saturated rings. The number of unbranched alkanes of at least 4 members (excludes halogenated alkanes) is 1. The molecule has 3 nitrogen and oxygen atoms in total. The second-order valence-corrected chi connectivity index (χ2v) is 4.91. The summed E-state index contributed by atoms with van der Waals surface area (Å²) in [6.45, 7) is 4.11. The van der Waals surface area contributed by atoms with Crippen molar-refractivity contribution in [1.82, 2.24) is 4.98 Å². The average molecular weight is 283 g/mol. The third-order valence-electron chi connectivity index (χ3n) is 3.35. The Bertz CT molecular complexity index is 738. The minimum Gasteiger partial charge on any atom is -0.497 e. The Morgan fingerprint density at radius 2 is 2.14 bits per heavy atom. The first kappa shape index (κ1) is 15.1. The van der Waals surface area contributed by atoms with Crippen LogP contribution in [0.4, 0.5) is 0 Å². The molecule has 0 aliphatic rings. The maximum atomic E-state index is 12.3. The molecule has 2 rings (SSSR count). The number of hydrogen-bond acceptors (Lipinski definition) is 2. The number of rotatable bonds is 5. The number of hydrogen-bond donors (Lipinski definition) is 1. The van der Waals surface area contributed by atoms with Gasteiger partial charge in [-0.1, -0.05) is 31.6 Å². The van der Waals surface area contributed by atoms with E-state index in [4.69, 9.17) is 4.74 Å². The number of aromatic nitrogens is 1. The van der Waals surface area contributed by atoms with Crippen molar-refractivity contribution in [3.8, 4) is 5.75 Å². The summed E-state index contributed by atoms with van der Waals surface area (Å²) in [6.07, 6.45) is 8.21. The normalized spacial score (nSPS) is 12.2. The molecule has 2 aromatic rings. The van der Waals surface area contributed by atoms with Crippen LogP contribution in [0.1, 0.15) is 32.4 Å². The zero-order valence-corrected chi connectivity index (χ0v) is 12.8. The number of methoxy groups -OCH3 is 1. The molecule has 0 aliphatic carbocycles. The van der Waals surface area contributed by atoms with Gasteiger partial charge in [0.1, 0.15) is 5.75 Å². The van der Waals surface area contributed by atoms with Crippen molar-refractivity contribution in [2.75, 3.05) is 7.11 Å². The highest BCUT2D eigenvalue weighted by Crippen LogP contribution is 2.20. The van der Waals surface area contributed by atoms with Gasteiger partial charge in [0, 0.05) is 23.2 Å². The van der Waals surface area contributed by atoms with E-state index in [0.717, 1.165) is 35.4 Å². The molecule has 0 unspecified atom stereocenters. The van der Waals surface area contributed by atoms with Crippen LogP contribution in [0.3, 0.4) is 0 Å². The van der Waals surface area contributed by atoms with Gasteiger partial charge < -0.3 is 9.72 Å². The zero-order valence-electron chi connectivity index (χ0n) is 12.8. The molecule has 0 saturated carbocycles. The van der Waals surface area contributed by atoms with Crippen molar-refractivity contribution in [3.05, 3.63) is 58.4 Å². The summed E-state index contributed by atoms with van der Waals surface area (Å²) in [6, 6.07) is 7.11. The smallest absolute Gasteiger partial charge is 0.190 e. The number of ether oxygens (including phenoxy) is 1. The van der Waals surface area contributed by atoms with E-state index in [1.807, 2.05) is 25.1 Å². The molecule has 3 heteroatoms. The van der Waals surface area contributed by atoms with Gasteiger partial charge >= 0.3 is 0 Å². The lowest BCUT2D eigenvalue weighted by molar-refractivity contribution is 0.415. The van der Waals surface area contributed by atoms with Gasteiger partial charge in [0.25, 0.3) is 0 Å². The standard InChI is InChI=1S/C18H21NO2/c1-4-6-8-13(7-5-2)16-12-18(20)15-10-9-14(21-3)11-17(15)19-16/h5,7-12H,4,6H2,1-3H3,(H,19,20)/b7-5-,13-8+. The monoisotopic (exact) mass is 283 g/mol. The molecule has 1 N–H and O–H groups in total. The molecular weight excluding hydrogens is 262 g/mol. The number of fused-ring (bicyclic) bond motifs is 1. The van der Waals surface area contributed by atoms with E-state index >= 15 is 0 Å². The van der Waals surface area contributed by atoms with Gasteiger partial charge in [-0.2, -0.15) is 0 Å². The summed E-state index contributed by atoms with van der Waals surface area (Å²) < 4.78 is 5.22. The number of aromatic amines is 1. The van der Waals surface area contributed by atoms with Crippen molar-refractivity contribution in [1.29, 1.82) is 0 Å². The van der Waals surface area contributed by atoms with Gasteiger partial charge in [0.15, 0.2) is 5.43 Å². The second-order valence-electron chi connectivity index (χ2n) is 4.91. The van der Waals surface area contributed by atoms with Gasteiger partial charge in [0.05, 0.1) is 12.6 Å². The Morgan fingerprint density at radius 1 is 1.33 bits per heavy atom. The van der Waals surface area contributed by atoms with Crippen molar-refractivity contribution >= 4 is 16.5 Å². The first-order valence-corrected chi connectivity index (χ1v) is 7.24. The molecule has 0 bridgehead atoms. The van der Waals surface area contributed by atoms with Crippen LogP contribution in [0.5, 0.6) is 5.75 Å². The Morgan fingerprint density at radius 3 is 2.81 bits per heavy atom. The topological polar surface area (TPSA) is 42.1 Å². The molecule has 0 saturated heterocycles. The lowest BCUT2D eigenvalue weighted by Crippen LogP contribution is -2.04. The first-order chi connectivity index (χ1) is 10.2. The highest BCUT2D eigenvalue weighted by atomic mass is 16.5. The lowest BCUT2D eigenvalue weighted by Gasteiger charge is -2.07. The van der Waals surface area contributed by atoms with Crippen LogP contribution < -0.4 is 10.2 Å². The van der Waals surface area contributed by atoms with Crippen LogP contribution in [0.25, 0.3) is 16.5 Å².